The largest absolute Gasteiger partial charge is 0.481 e. The van der Waals surface area contributed by atoms with Crippen LogP contribution in [0.1, 0.15) is 22.5 Å². The first kappa shape index (κ1) is 22.1. The van der Waals surface area contributed by atoms with E-state index < -0.39 is 11.9 Å². The number of hydrogen-bond donors (Lipinski definition) is 2. The van der Waals surface area contributed by atoms with Crippen molar-refractivity contribution in [1.29, 1.82) is 0 Å². The quantitative estimate of drug-likeness (QED) is 0.510. The maximum atomic E-state index is 12.8. The summed E-state index contributed by atoms with van der Waals surface area (Å²) in [6.45, 7) is -0.0601. The normalized spacial score (nSPS) is 10.5. The maximum absolute atomic E-state index is 12.8. The predicted octanol–water partition coefficient (Wildman–Crippen LogP) is 4.25. The number of aromatic nitrogens is 1. The van der Waals surface area contributed by atoms with Crippen LogP contribution >= 0.6 is 11.6 Å². The lowest BCUT2D eigenvalue weighted by molar-refractivity contribution is -0.137. The molecule has 2 N–H and O–H groups in total. The standard InChI is InChI=1S/C23H21ClN2O5/c1-31-23(30)18-4-2-3-5-19(18)25-21(27)14-26-17(11-13-22(28)29)10-12-20(26)15-6-8-16(24)9-7-15/h2-10,12H,11,13-14H2,1H3,(H,25,27)(H,28,29). The molecule has 0 radical (unpaired) electrons. The number of aliphatic carboxylic acids is 1. The Morgan fingerprint density at radius 3 is 2.42 bits per heavy atom. The van der Waals surface area contributed by atoms with Gasteiger partial charge in [-0.15, -0.1) is 0 Å². The van der Waals surface area contributed by atoms with Gasteiger partial charge in [-0.25, -0.2) is 4.79 Å². The second kappa shape index (κ2) is 9.95. The zero-order chi connectivity index (χ0) is 22.4. The van der Waals surface area contributed by atoms with Crippen molar-refractivity contribution >= 4 is 35.1 Å². The summed E-state index contributed by atoms with van der Waals surface area (Å²) in [5, 5.41) is 12.4. The van der Waals surface area contributed by atoms with Crippen molar-refractivity contribution in [3.63, 3.8) is 0 Å². The zero-order valence-corrected chi connectivity index (χ0v) is 17.6. The number of nitrogens with zero attached hydrogens (tertiary/aromatic N) is 1. The Hall–Kier alpha value is -3.58. The van der Waals surface area contributed by atoms with E-state index in [-0.39, 0.29) is 30.9 Å². The van der Waals surface area contributed by atoms with Crippen molar-refractivity contribution in [3.8, 4) is 11.3 Å². The number of carbonyl (C=O) groups excluding carboxylic acids is 2. The smallest absolute Gasteiger partial charge is 0.339 e. The van der Waals surface area contributed by atoms with Crippen LogP contribution in [-0.2, 0) is 27.3 Å². The van der Waals surface area contributed by atoms with Gasteiger partial charge >= 0.3 is 11.9 Å². The summed E-state index contributed by atoms with van der Waals surface area (Å²) in [7, 11) is 1.27. The van der Waals surface area contributed by atoms with E-state index in [4.69, 9.17) is 21.4 Å². The van der Waals surface area contributed by atoms with Crippen LogP contribution in [0.15, 0.2) is 60.7 Å². The lowest BCUT2D eigenvalue weighted by Gasteiger charge is -2.15. The third kappa shape index (κ3) is 5.52. The molecule has 8 heteroatoms. The molecule has 31 heavy (non-hydrogen) atoms. The Balaban J connectivity index is 1.89. The number of esters is 1. The Labute approximate surface area is 184 Å². The fourth-order valence-electron chi connectivity index (χ4n) is 3.24. The average molecular weight is 441 g/mol. The van der Waals surface area contributed by atoms with Crippen molar-refractivity contribution in [2.45, 2.75) is 19.4 Å². The minimum Gasteiger partial charge on any atom is -0.481 e. The summed E-state index contributed by atoms with van der Waals surface area (Å²) < 4.78 is 6.53. The first-order valence-electron chi connectivity index (χ1n) is 9.52. The number of methoxy groups -OCH3 is 1. The van der Waals surface area contributed by atoms with E-state index in [0.717, 1.165) is 11.3 Å². The predicted molar refractivity (Wildman–Crippen MR) is 117 cm³/mol. The molecule has 0 saturated carbocycles. The molecule has 0 aliphatic heterocycles. The number of nitrogens with one attached hydrogen (secondary N) is 1. The highest BCUT2D eigenvalue weighted by atomic mass is 35.5. The number of anilines is 1. The molecule has 0 spiro atoms. The first-order valence-corrected chi connectivity index (χ1v) is 9.90. The molecule has 0 aliphatic carbocycles. The van der Waals surface area contributed by atoms with Crippen molar-refractivity contribution in [2.24, 2.45) is 0 Å². The number of carbonyl (C=O) groups is 3. The van der Waals surface area contributed by atoms with Gasteiger partial charge in [0.15, 0.2) is 0 Å². The molecule has 2 aromatic carbocycles. The van der Waals surface area contributed by atoms with Crippen LogP contribution in [0.25, 0.3) is 11.3 Å². The van der Waals surface area contributed by atoms with E-state index in [1.165, 1.54) is 7.11 Å². The molecule has 160 valence electrons. The third-order valence-corrected chi connectivity index (χ3v) is 4.97. The highest BCUT2D eigenvalue weighted by Gasteiger charge is 2.17. The van der Waals surface area contributed by atoms with E-state index >= 15 is 0 Å². The molecule has 0 unspecified atom stereocenters. The molecule has 1 amide bonds. The third-order valence-electron chi connectivity index (χ3n) is 4.71. The Morgan fingerprint density at radius 2 is 1.74 bits per heavy atom. The second-order valence-corrected chi connectivity index (χ2v) is 7.22. The Kier molecular flexibility index (Phi) is 7.10. The number of carboxylic acid groups (broad SMARTS) is 1. The number of benzene rings is 2. The molecular formula is C23H21ClN2O5. The fourth-order valence-corrected chi connectivity index (χ4v) is 3.36. The summed E-state index contributed by atoms with van der Waals surface area (Å²) in [5.74, 6) is -1.84. The van der Waals surface area contributed by atoms with Gasteiger partial charge in [0.1, 0.15) is 6.54 Å². The van der Waals surface area contributed by atoms with Crippen LogP contribution in [0, 0.1) is 0 Å². The molecular weight excluding hydrogens is 420 g/mol. The molecule has 0 bridgehead atoms. The lowest BCUT2D eigenvalue weighted by Crippen LogP contribution is -2.22. The zero-order valence-electron chi connectivity index (χ0n) is 16.8. The molecule has 7 nitrogen and oxygen atoms in total. The lowest BCUT2D eigenvalue weighted by atomic mass is 10.1. The van der Waals surface area contributed by atoms with Crippen molar-refractivity contribution in [2.75, 3.05) is 12.4 Å². The minimum atomic E-state index is -0.919. The molecule has 0 atom stereocenters. The number of halogens is 1. The van der Waals surface area contributed by atoms with Gasteiger partial charge in [0, 0.05) is 16.4 Å². The van der Waals surface area contributed by atoms with Crippen LogP contribution in [0.4, 0.5) is 5.69 Å². The number of aryl methyl sites for hydroxylation is 1. The monoisotopic (exact) mass is 440 g/mol. The molecule has 0 saturated heterocycles. The highest BCUT2D eigenvalue weighted by Crippen LogP contribution is 2.25. The average Bonchev–Trinajstić information content (AvgIpc) is 3.14. The van der Waals surface area contributed by atoms with Crippen LogP contribution in [0.3, 0.4) is 0 Å². The SMILES string of the molecule is COC(=O)c1ccccc1NC(=O)Cn1c(CCC(=O)O)ccc1-c1ccc(Cl)cc1. The van der Waals surface area contributed by atoms with Gasteiger partial charge < -0.3 is 19.7 Å². The van der Waals surface area contributed by atoms with Gasteiger partial charge in [-0.05, 0) is 48.4 Å². The minimum absolute atomic E-state index is 0.0587. The first-order chi connectivity index (χ1) is 14.9. The molecule has 1 aromatic heterocycles. The molecule has 0 aliphatic rings. The van der Waals surface area contributed by atoms with Crippen LogP contribution in [0.5, 0.6) is 0 Å². The maximum Gasteiger partial charge on any atom is 0.339 e. The van der Waals surface area contributed by atoms with Gasteiger partial charge in [0.2, 0.25) is 5.91 Å². The van der Waals surface area contributed by atoms with E-state index in [1.807, 2.05) is 24.3 Å². The fraction of sp³-hybridized carbons (Fsp3) is 0.174. The van der Waals surface area contributed by atoms with Crippen molar-refractivity contribution in [1.82, 2.24) is 4.57 Å². The summed E-state index contributed by atoms with van der Waals surface area (Å²) in [4.78, 5) is 35.9. The molecule has 1 heterocycles. The number of ether oxygens (including phenoxy) is 1. The molecule has 3 rings (SSSR count). The summed E-state index contributed by atoms with van der Waals surface area (Å²) >= 11 is 5.98. The van der Waals surface area contributed by atoms with Gasteiger partial charge in [-0.2, -0.15) is 0 Å². The van der Waals surface area contributed by atoms with Gasteiger partial charge in [0.25, 0.3) is 0 Å². The van der Waals surface area contributed by atoms with Crippen molar-refractivity contribution < 1.29 is 24.2 Å². The second-order valence-electron chi connectivity index (χ2n) is 6.78. The number of para-hydroxylation sites is 1. The number of amides is 1. The van der Waals surface area contributed by atoms with Gasteiger partial charge in [-0.1, -0.05) is 35.9 Å². The topological polar surface area (TPSA) is 97.6 Å². The summed E-state index contributed by atoms with van der Waals surface area (Å²) in [6, 6.07) is 17.4. The summed E-state index contributed by atoms with van der Waals surface area (Å²) in [5.41, 5.74) is 2.90. The highest BCUT2D eigenvalue weighted by molar-refractivity contribution is 6.30. The Morgan fingerprint density at radius 1 is 1.03 bits per heavy atom. The van der Waals surface area contributed by atoms with Crippen LogP contribution < -0.4 is 5.32 Å². The molecule has 3 aromatic rings. The van der Waals surface area contributed by atoms with Crippen molar-refractivity contribution in [3.05, 3.63) is 76.9 Å². The van der Waals surface area contributed by atoms with Crippen LogP contribution in [0.2, 0.25) is 5.02 Å². The number of carboxylic acids is 1. The number of hydrogen-bond acceptors (Lipinski definition) is 4. The van der Waals surface area contributed by atoms with E-state index in [9.17, 15) is 14.4 Å². The number of rotatable bonds is 8. The van der Waals surface area contributed by atoms with Gasteiger partial charge in [-0.3, -0.25) is 9.59 Å². The van der Waals surface area contributed by atoms with Gasteiger partial charge in [0.05, 0.1) is 24.8 Å². The van der Waals surface area contributed by atoms with E-state index in [1.54, 1.807) is 41.0 Å². The Bertz CT molecular complexity index is 1110. The van der Waals surface area contributed by atoms with E-state index in [0.29, 0.717) is 16.4 Å². The van der Waals surface area contributed by atoms with Crippen LogP contribution in [-0.4, -0.2) is 34.6 Å². The van der Waals surface area contributed by atoms with E-state index in [2.05, 4.69) is 5.32 Å². The molecule has 0 fully saturated rings. The summed E-state index contributed by atoms with van der Waals surface area (Å²) in [6.07, 6.45) is 0.214.